The number of amides is 1. The Labute approximate surface area is 122 Å². The number of hydrogen-bond donors (Lipinski definition) is 2. The van der Waals surface area contributed by atoms with E-state index in [-0.39, 0.29) is 5.91 Å². The molecule has 2 rings (SSSR count). The Hall–Kier alpha value is -2.16. The lowest BCUT2D eigenvalue weighted by Gasteiger charge is -2.07. The summed E-state index contributed by atoms with van der Waals surface area (Å²) < 4.78 is 0. The molecular formula is C15H15N3OS. The molecule has 0 saturated carbocycles. The van der Waals surface area contributed by atoms with Gasteiger partial charge in [0, 0.05) is 22.7 Å². The van der Waals surface area contributed by atoms with Crippen molar-refractivity contribution in [1.29, 1.82) is 0 Å². The van der Waals surface area contributed by atoms with Crippen LogP contribution in [0.1, 0.15) is 26.5 Å². The molecule has 0 aliphatic rings. The van der Waals surface area contributed by atoms with Gasteiger partial charge < -0.3 is 11.1 Å². The minimum atomic E-state index is -0.117. The molecule has 1 aromatic heterocycles. The number of aryl methyl sites for hydroxylation is 1. The largest absolute Gasteiger partial charge is 0.346 e. The van der Waals surface area contributed by atoms with E-state index in [1.54, 1.807) is 12.3 Å². The molecule has 0 saturated heterocycles. The van der Waals surface area contributed by atoms with E-state index in [2.05, 4.69) is 22.1 Å². The number of benzene rings is 1. The third-order valence-corrected chi connectivity index (χ3v) is 3.48. The molecule has 0 unspecified atom stereocenters. The van der Waals surface area contributed by atoms with Crippen LogP contribution in [0.4, 0.5) is 0 Å². The first-order valence-electron chi connectivity index (χ1n) is 6.17. The van der Waals surface area contributed by atoms with E-state index in [1.807, 2.05) is 24.4 Å². The predicted octanol–water partition coefficient (Wildman–Crippen LogP) is 1.69. The van der Waals surface area contributed by atoms with Gasteiger partial charge in [-0.3, -0.25) is 4.79 Å². The van der Waals surface area contributed by atoms with Gasteiger partial charge in [-0.25, -0.2) is 4.98 Å². The Kier molecular flexibility index (Phi) is 4.88. The van der Waals surface area contributed by atoms with Crippen LogP contribution >= 0.6 is 11.3 Å². The number of rotatable bonds is 3. The Bertz CT molecular complexity index is 653. The molecule has 4 nitrogen and oxygen atoms in total. The van der Waals surface area contributed by atoms with E-state index in [4.69, 9.17) is 5.73 Å². The lowest BCUT2D eigenvalue weighted by molar-refractivity contribution is 0.0950. The van der Waals surface area contributed by atoms with Crippen LogP contribution in [0.3, 0.4) is 0 Å². The molecule has 1 amide bonds. The standard InChI is InChI=1S/C15H15N3OS/c1-11-4-5-12(3-2-6-16)9-13(11)15(19)18-10-14-17-7-8-20-14/h4-5,7-9H,6,10,16H2,1H3,(H,18,19). The second kappa shape index (κ2) is 6.85. The SMILES string of the molecule is Cc1ccc(C#CCN)cc1C(=O)NCc1nccs1. The highest BCUT2D eigenvalue weighted by atomic mass is 32.1. The quantitative estimate of drug-likeness (QED) is 0.843. The molecule has 2 aromatic rings. The van der Waals surface area contributed by atoms with Gasteiger partial charge in [0.25, 0.3) is 5.91 Å². The van der Waals surface area contributed by atoms with E-state index in [1.165, 1.54) is 11.3 Å². The molecule has 0 fully saturated rings. The number of thiazole rings is 1. The first-order chi connectivity index (χ1) is 9.70. The molecule has 0 radical (unpaired) electrons. The molecule has 0 atom stereocenters. The lowest BCUT2D eigenvalue weighted by atomic mass is 10.0. The van der Waals surface area contributed by atoms with Crippen LogP contribution in [-0.2, 0) is 6.54 Å². The Balaban J connectivity index is 2.12. The van der Waals surface area contributed by atoms with E-state index in [9.17, 15) is 4.79 Å². The molecule has 0 aliphatic carbocycles. The maximum atomic E-state index is 12.2. The number of carbonyl (C=O) groups excluding carboxylic acids is 1. The molecule has 102 valence electrons. The summed E-state index contributed by atoms with van der Waals surface area (Å²) in [5.74, 6) is 5.60. The van der Waals surface area contributed by atoms with Crippen molar-refractivity contribution >= 4 is 17.2 Å². The van der Waals surface area contributed by atoms with Gasteiger partial charge in [0.1, 0.15) is 5.01 Å². The van der Waals surface area contributed by atoms with Gasteiger partial charge in [-0.15, -0.1) is 11.3 Å². The Morgan fingerprint density at radius 1 is 1.50 bits per heavy atom. The lowest BCUT2D eigenvalue weighted by Crippen LogP contribution is -2.23. The monoisotopic (exact) mass is 285 g/mol. The van der Waals surface area contributed by atoms with Crippen molar-refractivity contribution < 1.29 is 4.79 Å². The average molecular weight is 285 g/mol. The third kappa shape index (κ3) is 3.67. The number of carbonyl (C=O) groups is 1. The maximum absolute atomic E-state index is 12.2. The summed E-state index contributed by atoms with van der Waals surface area (Å²) in [6.45, 7) is 2.65. The highest BCUT2D eigenvalue weighted by Crippen LogP contribution is 2.11. The number of hydrogen-bond acceptors (Lipinski definition) is 4. The van der Waals surface area contributed by atoms with Crippen LogP contribution in [-0.4, -0.2) is 17.4 Å². The van der Waals surface area contributed by atoms with Crippen molar-refractivity contribution in [2.75, 3.05) is 6.54 Å². The number of nitrogens with two attached hydrogens (primary N) is 1. The van der Waals surface area contributed by atoms with Gasteiger partial charge >= 0.3 is 0 Å². The average Bonchev–Trinajstić information content (AvgIpc) is 2.97. The normalized spacial score (nSPS) is 9.70. The summed E-state index contributed by atoms with van der Waals surface area (Å²) in [5, 5.41) is 5.63. The molecule has 3 N–H and O–H groups in total. The van der Waals surface area contributed by atoms with Crippen LogP contribution in [0.5, 0.6) is 0 Å². The second-order valence-electron chi connectivity index (χ2n) is 4.14. The van der Waals surface area contributed by atoms with Gasteiger partial charge in [0.05, 0.1) is 13.1 Å². The third-order valence-electron chi connectivity index (χ3n) is 2.70. The highest BCUT2D eigenvalue weighted by molar-refractivity contribution is 7.09. The van der Waals surface area contributed by atoms with Crippen LogP contribution < -0.4 is 11.1 Å². The molecular weight excluding hydrogens is 270 g/mol. The summed E-state index contributed by atoms with van der Waals surface area (Å²) in [6.07, 6.45) is 1.72. The van der Waals surface area contributed by atoms with Gasteiger partial charge in [-0.1, -0.05) is 17.9 Å². The topological polar surface area (TPSA) is 68.0 Å². The van der Waals surface area contributed by atoms with Crippen molar-refractivity contribution in [2.24, 2.45) is 5.73 Å². The number of aromatic nitrogens is 1. The minimum absolute atomic E-state index is 0.117. The zero-order valence-corrected chi connectivity index (χ0v) is 12.0. The van der Waals surface area contributed by atoms with Gasteiger partial charge in [0.2, 0.25) is 0 Å². The van der Waals surface area contributed by atoms with Crippen molar-refractivity contribution in [3.63, 3.8) is 0 Å². The molecule has 1 heterocycles. The van der Waals surface area contributed by atoms with Gasteiger partial charge in [-0.2, -0.15) is 0 Å². The second-order valence-corrected chi connectivity index (χ2v) is 5.12. The fourth-order valence-corrected chi connectivity index (χ4v) is 2.24. The van der Waals surface area contributed by atoms with Crippen LogP contribution in [0.15, 0.2) is 29.8 Å². The molecule has 20 heavy (non-hydrogen) atoms. The van der Waals surface area contributed by atoms with Crippen LogP contribution in [0.25, 0.3) is 0 Å². The maximum Gasteiger partial charge on any atom is 0.251 e. The van der Waals surface area contributed by atoms with E-state index in [0.717, 1.165) is 16.1 Å². The zero-order chi connectivity index (χ0) is 14.4. The number of nitrogens with zero attached hydrogens (tertiary/aromatic N) is 1. The fourth-order valence-electron chi connectivity index (χ4n) is 1.69. The molecule has 0 spiro atoms. The first-order valence-corrected chi connectivity index (χ1v) is 7.05. The molecule has 1 aromatic carbocycles. The molecule has 0 bridgehead atoms. The van der Waals surface area contributed by atoms with Crippen LogP contribution in [0, 0.1) is 18.8 Å². The summed E-state index contributed by atoms with van der Waals surface area (Å²) >= 11 is 1.52. The number of nitrogens with one attached hydrogen (secondary N) is 1. The molecule has 0 aliphatic heterocycles. The predicted molar refractivity (Wildman–Crippen MR) is 80.4 cm³/mol. The van der Waals surface area contributed by atoms with Gasteiger partial charge in [-0.05, 0) is 24.6 Å². The van der Waals surface area contributed by atoms with Crippen molar-refractivity contribution in [1.82, 2.24) is 10.3 Å². The smallest absolute Gasteiger partial charge is 0.251 e. The highest BCUT2D eigenvalue weighted by Gasteiger charge is 2.09. The summed E-state index contributed by atoms with van der Waals surface area (Å²) in [7, 11) is 0. The first kappa shape index (κ1) is 14.3. The summed E-state index contributed by atoms with van der Waals surface area (Å²) in [5.41, 5.74) is 7.69. The van der Waals surface area contributed by atoms with Crippen molar-refractivity contribution in [3.8, 4) is 11.8 Å². The van der Waals surface area contributed by atoms with Crippen LogP contribution in [0.2, 0.25) is 0 Å². The Morgan fingerprint density at radius 2 is 2.35 bits per heavy atom. The minimum Gasteiger partial charge on any atom is -0.346 e. The summed E-state index contributed by atoms with van der Waals surface area (Å²) in [4.78, 5) is 16.3. The fraction of sp³-hybridized carbons (Fsp3) is 0.200. The Morgan fingerprint density at radius 3 is 3.05 bits per heavy atom. The van der Waals surface area contributed by atoms with E-state index >= 15 is 0 Å². The van der Waals surface area contributed by atoms with Gasteiger partial charge in [0.15, 0.2) is 0 Å². The van der Waals surface area contributed by atoms with E-state index < -0.39 is 0 Å². The summed E-state index contributed by atoms with van der Waals surface area (Å²) in [6, 6.07) is 5.56. The van der Waals surface area contributed by atoms with Crippen molar-refractivity contribution in [3.05, 3.63) is 51.5 Å². The molecule has 5 heteroatoms. The van der Waals surface area contributed by atoms with E-state index in [0.29, 0.717) is 18.7 Å². The van der Waals surface area contributed by atoms with Crippen molar-refractivity contribution in [2.45, 2.75) is 13.5 Å². The zero-order valence-electron chi connectivity index (χ0n) is 11.1.